The summed E-state index contributed by atoms with van der Waals surface area (Å²) >= 11 is 0. The van der Waals surface area contributed by atoms with Crippen molar-refractivity contribution in [3.8, 4) is 11.3 Å². The molecule has 11 rings (SSSR count). The van der Waals surface area contributed by atoms with Gasteiger partial charge >= 0.3 is 12.1 Å². The minimum absolute atomic E-state index is 0.0227. The first kappa shape index (κ1) is 96.3. The molecule has 1 saturated carbocycles. The molecule has 0 radical (unpaired) electrons. The Morgan fingerprint density at radius 2 is 1.42 bits per heavy atom. The fourth-order valence-corrected chi connectivity index (χ4v) is 17.4. The van der Waals surface area contributed by atoms with Gasteiger partial charge in [0.25, 0.3) is 17.7 Å². The predicted molar refractivity (Wildman–Crippen MR) is 459 cm³/mol. The quantitative estimate of drug-likeness (QED) is 0.0113. The van der Waals surface area contributed by atoms with E-state index in [1.807, 2.05) is 72.0 Å². The summed E-state index contributed by atoms with van der Waals surface area (Å²) in [5.41, 5.74) is 20.9. The number of methoxy groups -OCH3 is 2. The number of piperidine rings is 1. The molecule has 8 N–H and O–H groups in total. The van der Waals surface area contributed by atoms with Gasteiger partial charge in [-0.2, -0.15) is 10.1 Å². The van der Waals surface area contributed by atoms with Crippen LogP contribution in [0.1, 0.15) is 142 Å². The number of aromatic nitrogens is 5. The van der Waals surface area contributed by atoms with Crippen LogP contribution in [0.4, 0.5) is 10.8 Å². The molecule has 5 aliphatic heterocycles. The van der Waals surface area contributed by atoms with Gasteiger partial charge in [0.2, 0.25) is 11.7 Å². The number of piperazine rings is 1. The number of Topliss-reactive ketones (excluding diaryl/α,β-unsaturated/α-hetero) is 2. The lowest BCUT2D eigenvalue weighted by atomic mass is 9.80. The number of ketones is 2. The highest BCUT2D eigenvalue weighted by Crippen LogP contribution is 2.39. The molecule has 2 aromatic carbocycles. The number of aliphatic hydroxyl groups is 4. The molecule has 124 heavy (non-hydrogen) atoms. The van der Waals surface area contributed by atoms with Gasteiger partial charge in [-0.15, -0.1) is 0 Å². The number of nitrogen functional groups attached to an aromatic ring is 1. The topological polar surface area (TPSA) is 419 Å². The monoisotopic (exact) mass is 1730 g/mol. The number of carbonyl (C=O) groups excluding carboxylic acids is 6. The Labute approximate surface area is 726 Å². The molecule has 3 amide bonds. The number of carbonyl (C=O) groups is 6. The summed E-state index contributed by atoms with van der Waals surface area (Å²) in [4.78, 5) is 104. The van der Waals surface area contributed by atoms with Crippen LogP contribution >= 0.6 is 0 Å². The van der Waals surface area contributed by atoms with Crippen molar-refractivity contribution in [1.82, 2.24) is 44.3 Å². The van der Waals surface area contributed by atoms with E-state index in [-0.39, 0.29) is 68.0 Å². The van der Waals surface area contributed by atoms with Crippen molar-refractivity contribution in [2.45, 2.75) is 211 Å². The number of amides is 3. The minimum atomic E-state index is -2.49. The Morgan fingerprint density at radius 1 is 0.710 bits per heavy atom. The number of rotatable bonds is 30. The molecule has 4 fully saturated rings. The maximum Gasteiger partial charge on any atom is 0.410 e. The molecule has 16 atom stereocenters. The lowest BCUT2D eigenvalue weighted by Gasteiger charge is -2.43. The van der Waals surface area contributed by atoms with E-state index < -0.39 is 114 Å². The van der Waals surface area contributed by atoms with Gasteiger partial charge in [-0.05, 0) is 142 Å². The number of fused-ring (bicyclic) bond motifs is 6. The van der Waals surface area contributed by atoms with Gasteiger partial charge < -0.3 is 103 Å². The summed E-state index contributed by atoms with van der Waals surface area (Å²) in [6.45, 7) is 19.9. The second-order valence-electron chi connectivity index (χ2n) is 34.0. The minimum Gasteiger partial charge on any atom is -0.459 e. The first-order chi connectivity index (χ1) is 59.8. The van der Waals surface area contributed by atoms with Crippen molar-refractivity contribution in [2.75, 3.05) is 145 Å². The number of oxazole rings is 1. The zero-order chi connectivity index (χ0) is 88.4. The van der Waals surface area contributed by atoms with E-state index in [9.17, 15) is 49.2 Å². The Morgan fingerprint density at radius 3 is 2.13 bits per heavy atom. The molecule has 0 unspecified atom stereocenters. The smallest absolute Gasteiger partial charge is 0.410 e. The van der Waals surface area contributed by atoms with Crippen LogP contribution in [0, 0.1) is 29.6 Å². The first-order valence-corrected chi connectivity index (χ1v) is 44.2. The predicted octanol–water partition coefficient (Wildman–Crippen LogP) is 7.42. The van der Waals surface area contributed by atoms with E-state index >= 15 is 0 Å². The number of anilines is 1. The highest BCUT2D eigenvalue weighted by atomic mass is 16.6. The van der Waals surface area contributed by atoms with Crippen LogP contribution in [0.2, 0.25) is 0 Å². The number of benzene rings is 2. The van der Waals surface area contributed by atoms with E-state index in [0.29, 0.717) is 194 Å². The average Bonchev–Trinajstić information content (AvgIpc) is 1.69. The first-order valence-electron chi connectivity index (χ1n) is 44.2. The molecule has 3 aromatic heterocycles. The number of hydrogen-bond acceptors (Lipinski definition) is 29. The van der Waals surface area contributed by atoms with Crippen molar-refractivity contribution in [3.05, 3.63) is 113 Å². The Balaban J connectivity index is 0.539. The van der Waals surface area contributed by atoms with Crippen LogP contribution < -0.4 is 11.5 Å². The molecule has 33 heteroatoms. The highest BCUT2D eigenvalue weighted by molar-refractivity contribution is 6.39. The Bertz CT molecular complexity index is 4430. The summed E-state index contributed by atoms with van der Waals surface area (Å²) in [5.74, 6) is -8.36. The van der Waals surface area contributed by atoms with Crippen LogP contribution in [-0.4, -0.2) is 306 Å². The molecule has 5 aromatic rings. The highest BCUT2D eigenvalue weighted by Gasteiger charge is 2.53. The van der Waals surface area contributed by atoms with Crippen LogP contribution in [0.5, 0.6) is 0 Å². The number of aliphatic hydroxyl groups excluding tert-OH is 3. The molecule has 2 bridgehead atoms. The van der Waals surface area contributed by atoms with Crippen LogP contribution in [0.15, 0.2) is 101 Å². The Hall–Kier alpha value is -8.36. The van der Waals surface area contributed by atoms with Gasteiger partial charge in [-0.3, -0.25) is 24.1 Å². The largest absolute Gasteiger partial charge is 0.459 e. The van der Waals surface area contributed by atoms with Gasteiger partial charge in [0.15, 0.2) is 17.0 Å². The lowest BCUT2D eigenvalue weighted by Crippen LogP contribution is -2.61. The number of nitrogens with two attached hydrogens (primary N) is 2. The zero-order valence-electron chi connectivity index (χ0n) is 73.3. The van der Waals surface area contributed by atoms with Crippen LogP contribution in [0.25, 0.3) is 33.4 Å². The van der Waals surface area contributed by atoms with Crippen molar-refractivity contribution in [1.29, 1.82) is 0 Å². The molecular formula is C91H131N11O22. The summed E-state index contributed by atoms with van der Waals surface area (Å²) in [5, 5.41) is 52.5. The Kier molecular flexibility index (Phi) is 36.8. The fraction of sp³-hybridized carbons (Fsp3) is 0.648. The molecule has 3 saturated heterocycles. The summed E-state index contributed by atoms with van der Waals surface area (Å²) < 4.78 is 72.2. The molecule has 6 aliphatic rings. The lowest BCUT2D eigenvalue weighted by molar-refractivity contribution is -0.265. The van der Waals surface area contributed by atoms with E-state index in [2.05, 4.69) is 38.1 Å². The number of nitrogens with zero attached hydrogens (tertiary/aromatic N) is 9. The van der Waals surface area contributed by atoms with E-state index in [0.717, 1.165) is 50.3 Å². The third-order valence-corrected chi connectivity index (χ3v) is 25.0. The van der Waals surface area contributed by atoms with E-state index in [4.69, 9.17) is 73.1 Å². The SMILES string of the molecule is CO[C@H]1C[C@@H]2CC[C@@H](C)[C@@](O)(O2)C(=O)C(=O)N2CCCC[C@H]2C(=O)O[C@H]([C@H](N)C[C@@H]2CC[C@@H](OC(=O)N3CCN(CCOCCOCCOCCOCCOCCOCCC(=O)N4CCc5cc(Cn6nc(-c7ccc8oc(N)nc8c7)c7cncnc76)ccc5C4)CC3)[C@H](OC)C2)C[C@@H](O)[C@H](C)/C=C(\C)[C@@H](O)[C@@H](O)C(=O)[C@H](C)C[C@H](C)/C=C/C=C/C=C/1C. The fourth-order valence-electron chi connectivity index (χ4n) is 17.4. The third kappa shape index (κ3) is 26.6. The zero-order valence-corrected chi connectivity index (χ0v) is 73.3. The van der Waals surface area contributed by atoms with Gasteiger partial charge in [-0.1, -0.05) is 82.4 Å². The van der Waals surface area contributed by atoms with Gasteiger partial charge in [0.05, 0.1) is 122 Å². The van der Waals surface area contributed by atoms with Gasteiger partial charge in [-0.25, -0.2) is 24.2 Å². The number of esters is 1. The van der Waals surface area contributed by atoms with Gasteiger partial charge in [0, 0.05) is 115 Å². The molecule has 8 heterocycles. The number of ether oxygens (including phenoxy) is 11. The molecule has 1 aliphatic carbocycles. The second-order valence-corrected chi connectivity index (χ2v) is 34.0. The number of cyclic esters (lactones) is 1. The number of allylic oxidation sites excluding steroid dienone is 5. The van der Waals surface area contributed by atoms with Crippen LogP contribution in [0.3, 0.4) is 0 Å². The average molecular weight is 1730 g/mol. The summed E-state index contributed by atoms with van der Waals surface area (Å²) in [6, 6.07) is 9.99. The maximum absolute atomic E-state index is 14.7. The van der Waals surface area contributed by atoms with Crippen molar-refractivity contribution in [3.63, 3.8) is 0 Å². The molecule has 682 valence electrons. The normalized spacial score (nSPS) is 28.9. The standard InChI is InChI=1S/C91H131N11O22/c1-58-14-10-9-11-15-59(2)77(113-7)52-69-22-17-63(6)91(112,124-69)85(108)87(109)101-27-13-12-16-73(101)88(110)121-78(53-74(103)60(3)47-62(5)83(106)84(107)82(105)61(4)46-58)71(92)49-64-19-23-76(79(50-64)114-8)123-90(111)99-31-29-98(30-32-99)33-35-116-37-39-118-41-43-120-45-44-119-42-40-117-38-36-115-34-26-80(104)100-28-25-66-48-65(18-20-68(66)56-100)55-102-86-70(54-94-57-95-86)81(97-102)67-21-24-75-72(51-67)96-89(93)122-75/h9-11,14-15,18,20-21,24,47-48,51,54,57-58,60-61,63-64,69,71,73-74,76-79,83-84,103,106-107,112H,12-13,16-17,19,22-23,25-46,49-50,52-53,55-56,92H2,1-8H3,(H2,93,96)/b11-9+,14-10+,59-15+,62-47+/t58-,60-,61-,63-,64+,69+,71-,73+,74-,76-,77+,78+,79-,83-,84+,91-/m1/s1. The molecular weight excluding hydrogens is 1600 g/mol. The van der Waals surface area contributed by atoms with Crippen molar-refractivity contribution < 1.29 is 106 Å². The van der Waals surface area contributed by atoms with Crippen molar-refractivity contribution >= 4 is 63.6 Å². The number of hydrogen-bond donors (Lipinski definition) is 6. The van der Waals surface area contributed by atoms with E-state index in [1.54, 1.807) is 59.1 Å². The van der Waals surface area contributed by atoms with Crippen LogP contribution in [-0.2, 0) is 95.6 Å². The molecule has 33 nitrogen and oxygen atoms in total. The third-order valence-electron chi connectivity index (χ3n) is 25.0. The second kappa shape index (κ2) is 47.4. The summed E-state index contributed by atoms with van der Waals surface area (Å²) in [7, 11) is 3.12. The van der Waals surface area contributed by atoms with Gasteiger partial charge in [0.1, 0.15) is 48.0 Å². The maximum atomic E-state index is 14.7. The van der Waals surface area contributed by atoms with Crippen molar-refractivity contribution in [2.24, 2.45) is 35.3 Å². The van der Waals surface area contributed by atoms with E-state index in [1.165, 1.54) is 11.9 Å². The summed E-state index contributed by atoms with van der Waals surface area (Å²) in [6.07, 6.45) is 11.2. The molecule has 0 spiro atoms.